The van der Waals surface area contributed by atoms with Gasteiger partial charge in [-0.25, -0.2) is 16.8 Å². The van der Waals surface area contributed by atoms with E-state index in [9.17, 15) is 12.8 Å². The number of halogens is 1. The summed E-state index contributed by atoms with van der Waals surface area (Å²) in [7, 11) is -3.85. The van der Waals surface area contributed by atoms with E-state index in [1.54, 1.807) is 6.20 Å². The zero-order chi connectivity index (χ0) is 19.7. The molecule has 0 aliphatic carbocycles. The van der Waals surface area contributed by atoms with Crippen LogP contribution in [0.4, 0.5) is 4.39 Å². The second-order valence-corrected chi connectivity index (χ2v) is 8.97. The molecule has 1 fully saturated rings. The van der Waals surface area contributed by atoms with Crippen LogP contribution in [0.1, 0.15) is 24.0 Å². The topological polar surface area (TPSA) is 74.9 Å². The van der Waals surface area contributed by atoms with Crippen LogP contribution in [0.25, 0.3) is 10.9 Å². The minimum Gasteiger partial charge on any atom is -0.317 e. The van der Waals surface area contributed by atoms with E-state index < -0.39 is 10.0 Å². The quantitative estimate of drug-likeness (QED) is 0.732. The van der Waals surface area contributed by atoms with Gasteiger partial charge in [0.15, 0.2) is 0 Å². The van der Waals surface area contributed by atoms with Crippen LogP contribution in [0, 0.1) is 23.1 Å². The second-order valence-electron chi connectivity index (χ2n) is 7.15. The van der Waals surface area contributed by atoms with Crippen molar-refractivity contribution in [3.05, 3.63) is 65.6 Å². The summed E-state index contributed by atoms with van der Waals surface area (Å²) in [6, 6.07) is 12.0. The summed E-state index contributed by atoms with van der Waals surface area (Å²) < 4.78 is 41.6. The number of benzene rings is 2. The van der Waals surface area contributed by atoms with Crippen molar-refractivity contribution in [2.24, 2.45) is 5.92 Å². The van der Waals surface area contributed by atoms with Gasteiger partial charge >= 0.3 is 0 Å². The van der Waals surface area contributed by atoms with Crippen molar-refractivity contribution in [1.82, 2.24) is 9.29 Å². The smallest absolute Gasteiger partial charge is 0.268 e. The highest BCUT2D eigenvalue weighted by molar-refractivity contribution is 7.90. The second kappa shape index (κ2) is 7.38. The molecule has 0 spiro atoms. The van der Waals surface area contributed by atoms with Gasteiger partial charge in [0.25, 0.3) is 10.0 Å². The lowest BCUT2D eigenvalue weighted by molar-refractivity contribution is 0.373. The van der Waals surface area contributed by atoms with Gasteiger partial charge in [-0.1, -0.05) is 0 Å². The number of nitrogens with one attached hydrogen (secondary N) is 1. The summed E-state index contributed by atoms with van der Waals surface area (Å²) in [5.41, 5.74) is 1.71. The summed E-state index contributed by atoms with van der Waals surface area (Å²) in [6.07, 6.45) is 4.38. The summed E-state index contributed by atoms with van der Waals surface area (Å²) in [6.45, 7) is 1.89. The molecule has 0 radical (unpaired) electrons. The number of nitrogens with zero attached hydrogens (tertiary/aromatic N) is 2. The SMILES string of the molecule is N#Cc1ccc(S(=O)(=O)n2cc(CC3CCNCC3)c3cc(F)ccc32)cc1. The Hall–Kier alpha value is -2.69. The van der Waals surface area contributed by atoms with Crippen LogP contribution in [0.5, 0.6) is 0 Å². The third-order valence-electron chi connectivity index (χ3n) is 5.32. The Morgan fingerprint density at radius 1 is 1.14 bits per heavy atom. The van der Waals surface area contributed by atoms with Crippen molar-refractivity contribution in [1.29, 1.82) is 5.26 Å². The molecule has 4 rings (SSSR count). The van der Waals surface area contributed by atoms with E-state index in [1.165, 1.54) is 46.4 Å². The van der Waals surface area contributed by atoms with Crippen molar-refractivity contribution < 1.29 is 12.8 Å². The molecule has 28 heavy (non-hydrogen) atoms. The molecule has 0 saturated carbocycles. The first-order chi connectivity index (χ1) is 13.5. The lowest BCUT2D eigenvalue weighted by Crippen LogP contribution is -2.28. The van der Waals surface area contributed by atoms with Gasteiger partial charge in [-0.2, -0.15) is 5.26 Å². The summed E-state index contributed by atoms with van der Waals surface area (Å²) in [5, 5.41) is 12.9. The highest BCUT2D eigenvalue weighted by atomic mass is 32.2. The Bertz CT molecular complexity index is 1150. The fraction of sp³-hybridized carbons (Fsp3) is 0.286. The van der Waals surface area contributed by atoms with E-state index in [0.29, 0.717) is 22.4 Å². The molecule has 0 bridgehead atoms. The van der Waals surface area contributed by atoms with Crippen molar-refractivity contribution in [2.75, 3.05) is 13.1 Å². The number of rotatable bonds is 4. The lowest BCUT2D eigenvalue weighted by Gasteiger charge is -2.22. The van der Waals surface area contributed by atoms with Crippen LogP contribution in [0.15, 0.2) is 53.6 Å². The zero-order valence-corrected chi connectivity index (χ0v) is 16.0. The van der Waals surface area contributed by atoms with Gasteiger partial charge in [0, 0.05) is 11.6 Å². The fourth-order valence-electron chi connectivity index (χ4n) is 3.81. The lowest BCUT2D eigenvalue weighted by atomic mass is 9.91. The van der Waals surface area contributed by atoms with Gasteiger partial charge in [0.2, 0.25) is 0 Å². The molecule has 5 nitrogen and oxygen atoms in total. The van der Waals surface area contributed by atoms with Crippen LogP contribution >= 0.6 is 0 Å². The number of fused-ring (bicyclic) bond motifs is 1. The highest BCUT2D eigenvalue weighted by Crippen LogP contribution is 2.30. The van der Waals surface area contributed by atoms with Crippen LogP contribution in [-0.2, 0) is 16.4 Å². The van der Waals surface area contributed by atoms with Gasteiger partial charge in [0.1, 0.15) is 5.82 Å². The maximum atomic E-state index is 13.9. The first kappa shape index (κ1) is 18.7. The molecule has 0 amide bonds. The van der Waals surface area contributed by atoms with E-state index in [2.05, 4.69) is 5.32 Å². The Kier molecular flexibility index (Phi) is 4.92. The van der Waals surface area contributed by atoms with Gasteiger partial charge in [-0.3, -0.25) is 0 Å². The number of nitriles is 1. The minimum atomic E-state index is -3.85. The van der Waals surface area contributed by atoms with Crippen LogP contribution < -0.4 is 5.32 Å². The van der Waals surface area contributed by atoms with Crippen molar-refractivity contribution >= 4 is 20.9 Å². The molecule has 7 heteroatoms. The largest absolute Gasteiger partial charge is 0.317 e. The van der Waals surface area contributed by atoms with E-state index in [-0.39, 0.29) is 10.7 Å². The first-order valence-electron chi connectivity index (χ1n) is 9.25. The Balaban J connectivity index is 1.80. The maximum absolute atomic E-state index is 13.9. The Morgan fingerprint density at radius 2 is 1.86 bits per heavy atom. The average molecular weight is 397 g/mol. The highest BCUT2D eigenvalue weighted by Gasteiger charge is 2.23. The van der Waals surface area contributed by atoms with Gasteiger partial charge in [0.05, 0.1) is 22.0 Å². The molecule has 1 aromatic heterocycles. The van der Waals surface area contributed by atoms with Crippen LogP contribution in [-0.4, -0.2) is 25.5 Å². The monoisotopic (exact) mass is 397 g/mol. The van der Waals surface area contributed by atoms with E-state index in [1.807, 2.05) is 6.07 Å². The maximum Gasteiger partial charge on any atom is 0.268 e. The number of piperidine rings is 1. The molecule has 1 saturated heterocycles. The third-order valence-corrected chi connectivity index (χ3v) is 7.01. The summed E-state index contributed by atoms with van der Waals surface area (Å²) in [5.74, 6) is 0.0637. The average Bonchev–Trinajstić information content (AvgIpc) is 3.07. The molecule has 2 aromatic carbocycles. The van der Waals surface area contributed by atoms with Crippen molar-refractivity contribution in [3.63, 3.8) is 0 Å². The Morgan fingerprint density at radius 3 is 2.54 bits per heavy atom. The van der Waals surface area contributed by atoms with E-state index in [4.69, 9.17) is 5.26 Å². The molecule has 1 aliphatic rings. The molecule has 0 atom stereocenters. The molecular formula is C21H20FN3O2S. The van der Waals surface area contributed by atoms with E-state index in [0.717, 1.165) is 37.9 Å². The number of hydrogen-bond donors (Lipinski definition) is 1. The third kappa shape index (κ3) is 3.41. The van der Waals surface area contributed by atoms with Crippen LogP contribution in [0.2, 0.25) is 0 Å². The predicted molar refractivity (Wildman–Crippen MR) is 105 cm³/mol. The molecule has 0 unspecified atom stereocenters. The molecule has 3 aromatic rings. The summed E-state index contributed by atoms with van der Waals surface area (Å²) in [4.78, 5) is 0.0983. The van der Waals surface area contributed by atoms with Gasteiger partial charge < -0.3 is 5.32 Å². The number of hydrogen-bond acceptors (Lipinski definition) is 4. The molecule has 1 N–H and O–H groups in total. The zero-order valence-electron chi connectivity index (χ0n) is 15.2. The normalized spacial score (nSPS) is 15.6. The van der Waals surface area contributed by atoms with E-state index >= 15 is 0 Å². The molecular weight excluding hydrogens is 377 g/mol. The number of aromatic nitrogens is 1. The fourth-order valence-corrected chi connectivity index (χ4v) is 5.20. The Labute approximate surface area is 163 Å². The van der Waals surface area contributed by atoms with Crippen LogP contribution in [0.3, 0.4) is 0 Å². The van der Waals surface area contributed by atoms with Gasteiger partial charge in [-0.15, -0.1) is 0 Å². The van der Waals surface area contributed by atoms with Gasteiger partial charge in [-0.05, 0) is 86.3 Å². The predicted octanol–water partition coefficient (Wildman–Crippen LogP) is 3.43. The van der Waals surface area contributed by atoms with Crippen molar-refractivity contribution in [2.45, 2.75) is 24.2 Å². The standard InChI is InChI=1S/C21H20FN3O2S/c22-18-3-6-21-20(12-18)17(11-15-7-9-24-10-8-15)14-25(21)28(26,27)19-4-1-16(13-23)2-5-19/h1-6,12,14-15,24H,7-11H2. The molecule has 1 aliphatic heterocycles. The summed E-state index contributed by atoms with van der Waals surface area (Å²) >= 11 is 0. The van der Waals surface area contributed by atoms with Crippen molar-refractivity contribution in [3.8, 4) is 6.07 Å². The first-order valence-corrected chi connectivity index (χ1v) is 10.7. The minimum absolute atomic E-state index is 0.0983. The molecule has 144 valence electrons. The molecule has 2 heterocycles.